The van der Waals surface area contributed by atoms with Gasteiger partial charge in [-0.05, 0) is 12.1 Å². The third-order valence-corrected chi connectivity index (χ3v) is 1.96. The summed E-state index contributed by atoms with van der Waals surface area (Å²) in [6.45, 7) is -3.13. The molecule has 1 aromatic rings. The Labute approximate surface area is 94.0 Å². The Morgan fingerprint density at radius 1 is 1.44 bits per heavy atom. The van der Waals surface area contributed by atoms with Crippen LogP contribution >= 0.6 is 11.6 Å². The molecule has 0 heterocycles. The average molecular weight is 253 g/mol. The summed E-state index contributed by atoms with van der Waals surface area (Å²) < 4.78 is 28.1. The third kappa shape index (κ3) is 3.04. The lowest BCUT2D eigenvalue weighted by Gasteiger charge is -2.13. The van der Waals surface area contributed by atoms with Crippen LogP contribution in [0.2, 0.25) is 5.02 Å². The molecule has 1 rings (SSSR count). The highest BCUT2D eigenvalue weighted by atomic mass is 35.5. The van der Waals surface area contributed by atoms with E-state index in [1.54, 1.807) is 0 Å². The quantitative estimate of drug-likeness (QED) is 0.861. The first-order chi connectivity index (χ1) is 7.41. The first-order valence-electron chi connectivity index (χ1n) is 4.07. The molecule has 0 radical (unpaired) electrons. The normalized spacial score (nSPS) is 12.6. The summed E-state index contributed by atoms with van der Waals surface area (Å²) in [5, 5.41) is 17.8. The number of carboxylic acid groups (broad SMARTS) is 1. The molecule has 0 aliphatic rings. The molecule has 7 heteroatoms. The van der Waals surface area contributed by atoms with Gasteiger partial charge in [0.1, 0.15) is 5.75 Å². The van der Waals surface area contributed by atoms with Crippen molar-refractivity contribution in [2.24, 2.45) is 0 Å². The van der Waals surface area contributed by atoms with E-state index < -0.39 is 24.4 Å². The summed E-state index contributed by atoms with van der Waals surface area (Å²) in [6.07, 6.45) is -1.94. The number of carboxylic acids is 1. The maximum Gasteiger partial charge on any atom is 0.387 e. The van der Waals surface area contributed by atoms with Gasteiger partial charge in [-0.1, -0.05) is 17.7 Å². The fourth-order valence-electron chi connectivity index (χ4n) is 1.07. The monoisotopic (exact) mass is 252 g/mol. The fraction of sp³-hybridized carbons (Fsp3) is 0.222. The Kier molecular flexibility index (Phi) is 4.03. The molecule has 0 fully saturated rings. The van der Waals surface area contributed by atoms with Gasteiger partial charge < -0.3 is 14.9 Å². The summed E-state index contributed by atoms with van der Waals surface area (Å²) in [5.41, 5.74) is -0.280. The topological polar surface area (TPSA) is 66.8 Å². The number of benzene rings is 1. The van der Waals surface area contributed by atoms with Crippen LogP contribution in [0.25, 0.3) is 0 Å². The minimum Gasteiger partial charge on any atom is -0.479 e. The molecule has 0 saturated heterocycles. The van der Waals surface area contributed by atoms with Crippen LogP contribution in [-0.4, -0.2) is 22.8 Å². The molecule has 16 heavy (non-hydrogen) atoms. The van der Waals surface area contributed by atoms with Crippen molar-refractivity contribution in [1.82, 2.24) is 0 Å². The summed E-state index contributed by atoms with van der Waals surface area (Å²) in [5.74, 6) is -2.03. The Bertz CT molecular complexity index is 397. The Hall–Kier alpha value is -1.40. The molecule has 0 aliphatic heterocycles. The van der Waals surface area contributed by atoms with Gasteiger partial charge in [-0.3, -0.25) is 0 Å². The molecule has 4 nitrogen and oxygen atoms in total. The maximum atomic E-state index is 12.0. The molecule has 0 amide bonds. The molecule has 2 N–H and O–H groups in total. The van der Waals surface area contributed by atoms with Crippen molar-refractivity contribution in [2.45, 2.75) is 12.7 Å². The second kappa shape index (κ2) is 5.09. The number of hydrogen-bond donors (Lipinski definition) is 2. The molecule has 0 aliphatic carbocycles. The zero-order valence-electron chi connectivity index (χ0n) is 7.73. The summed E-state index contributed by atoms with van der Waals surface area (Å²) in [6, 6.07) is 3.38. The van der Waals surface area contributed by atoms with Gasteiger partial charge in [0.05, 0.1) is 0 Å². The Balaban J connectivity index is 3.11. The maximum absolute atomic E-state index is 12.0. The largest absolute Gasteiger partial charge is 0.479 e. The molecule has 0 bridgehead atoms. The van der Waals surface area contributed by atoms with Gasteiger partial charge in [0.2, 0.25) is 0 Å². The number of aliphatic carboxylic acids is 1. The number of rotatable bonds is 4. The van der Waals surface area contributed by atoms with E-state index in [0.717, 1.165) is 12.1 Å². The number of hydrogen-bond acceptors (Lipinski definition) is 3. The summed E-state index contributed by atoms with van der Waals surface area (Å²) in [7, 11) is 0. The van der Waals surface area contributed by atoms with E-state index in [4.69, 9.17) is 16.7 Å². The van der Waals surface area contributed by atoms with E-state index in [2.05, 4.69) is 4.74 Å². The zero-order valence-corrected chi connectivity index (χ0v) is 8.49. The van der Waals surface area contributed by atoms with Crippen LogP contribution in [0.1, 0.15) is 11.7 Å². The first-order valence-corrected chi connectivity index (χ1v) is 4.44. The van der Waals surface area contributed by atoms with Crippen LogP contribution in [0.15, 0.2) is 18.2 Å². The van der Waals surface area contributed by atoms with Crippen molar-refractivity contribution < 1.29 is 28.5 Å². The van der Waals surface area contributed by atoms with E-state index in [9.17, 15) is 18.7 Å². The number of aliphatic hydroxyl groups is 1. The number of carbonyl (C=O) groups is 1. The van der Waals surface area contributed by atoms with E-state index in [1.165, 1.54) is 6.07 Å². The van der Waals surface area contributed by atoms with Gasteiger partial charge in [0.25, 0.3) is 0 Å². The summed E-state index contributed by atoms with van der Waals surface area (Å²) in [4.78, 5) is 10.5. The van der Waals surface area contributed by atoms with Crippen molar-refractivity contribution in [3.8, 4) is 5.75 Å². The lowest BCUT2D eigenvalue weighted by atomic mass is 10.1. The van der Waals surface area contributed by atoms with Gasteiger partial charge in [-0.25, -0.2) is 4.79 Å². The van der Waals surface area contributed by atoms with E-state index in [1.807, 2.05) is 0 Å². The van der Waals surface area contributed by atoms with Gasteiger partial charge >= 0.3 is 12.6 Å². The predicted molar refractivity (Wildman–Crippen MR) is 50.7 cm³/mol. The number of aliphatic hydroxyl groups excluding tert-OH is 1. The van der Waals surface area contributed by atoms with Crippen LogP contribution in [-0.2, 0) is 4.79 Å². The van der Waals surface area contributed by atoms with Gasteiger partial charge in [0, 0.05) is 10.6 Å². The molecule has 0 saturated carbocycles. The van der Waals surface area contributed by atoms with Crippen LogP contribution in [0.4, 0.5) is 8.78 Å². The van der Waals surface area contributed by atoms with Crippen molar-refractivity contribution in [3.63, 3.8) is 0 Å². The fourth-order valence-corrected chi connectivity index (χ4v) is 1.23. The molecular weight excluding hydrogens is 246 g/mol. The highest BCUT2D eigenvalue weighted by Crippen LogP contribution is 2.29. The van der Waals surface area contributed by atoms with Crippen LogP contribution in [0.5, 0.6) is 5.75 Å². The molecular formula is C9H7ClF2O4. The minimum absolute atomic E-state index is 0.0944. The predicted octanol–water partition coefficient (Wildman–Crippen LogP) is 2.06. The highest BCUT2D eigenvalue weighted by molar-refractivity contribution is 6.30. The van der Waals surface area contributed by atoms with Crippen LogP contribution in [0, 0.1) is 0 Å². The smallest absolute Gasteiger partial charge is 0.387 e. The van der Waals surface area contributed by atoms with Gasteiger partial charge in [0.15, 0.2) is 6.10 Å². The van der Waals surface area contributed by atoms with E-state index in [0.29, 0.717) is 0 Å². The lowest BCUT2D eigenvalue weighted by Crippen LogP contribution is -2.13. The van der Waals surface area contributed by atoms with Crippen LogP contribution in [0.3, 0.4) is 0 Å². The minimum atomic E-state index is -3.13. The number of alkyl halides is 2. The third-order valence-electron chi connectivity index (χ3n) is 1.72. The second-order valence-electron chi connectivity index (χ2n) is 2.80. The van der Waals surface area contributed by atoms with Crippen LogP contribution < -0.4 is 4.74 Å². The number of ether oxygens (including phenoxy) is 1. The van der Waals surface area contributed by atoms with Crippen molar-refractivity contribution in [2.75, 3.05) is 0 Å². The van der Waals surface area contributed by atoms with Crippen molar-refractivity contribution in [1.29, 1.82) is 0 Å². The molecule has 88 valence electrons. The zero-order chi connectivity index (χ0) is 12.3. The molecule has 1 unspecified atom stereocenters. The Morgan fingerprint density at radius 2 is 2.06 bits per heavy atom. The highest BCUT2D eigenvalue weighted by Gasteiger charge is 2.22. The van der Waals surface area contributed by atoms with E-state index in [-0.39, 0.29) is 10.6 Å². The van der Waals surface area contributed by atoms with E-state index >= 15 is 0 Å². The summed E-state index contributed by atoms with van der Waals surface area (Å²) >= 11 is 5.53. The van der Waals surface area contributed by atoms with Gasteiger partial charge in [-0.2, -0.15) is 8.78 Å². The molecule has 0 aromatic heterocycles. The molecule has 1 aromatic carbocycles. The number of halogens is 3. The van der Waals surface area contributed by atoms with Crippen molar-refractivity contribution >= 4 is 17.6 Å². The Morgan fingerprint density at radius 3 is 2.56 bits per heavy atom. The van der Waals surface area contributed by atoms with Gasteiger partial charge in [-0.15, -0.1) is 0 Å². The van der Waals surface area contributed by atoms with Crippen molar-refractivity contribution in [3.05, 3.63) is 28.8 Å². The molecule has 0 spiro atoms. The SMILES string of the molecule is O=C(O)C(O)c1ccc(Cl)cc1OC(F)F. The second-order valence-corrected chi connectivity index (χ2v) is 3.24. The average Bonchev–Trinajstić information content (AvgIpc) is 2.15. The first kappa shape index (κ1) is 12.7. The molecule has 1 atom stereocenters. The standard InChI is InChI=1S/C9H7ClF2O4/c10-4-1-2-5(7(13)8(14)15)6(3-4)16-9(11)12/h1-3,7,9,13H,(H,14,15). The lowest BCUT2D eigenvalue weighted by molar-refractivity contribution is -0.147.